The van der Waals surface area contributed by atoms with Crippen molar-refractivity contribution >= 4 is 49.6 Å². The van der Waals surface area contributed by atoms with Crippen molar-refractivity contribution in [3.63, 3.8) is 0 Å². The summed E-state index contributed by atoms with van der Waals surface area (Å²) < 4.78 is 45.5. The molecule has 0 unspecified atom stereocenters. The van der Waals surface area contributed by atoms with Gasteiger partial charge in [0, 0.05) is 22.9 Å². The number of hydrogen-bond donors (Lipinski definition) is 0. The number of ether oxygens (including phenoxy) is 3. The lowest BCUT2D eigenvalue weighted by Gasteiger charge is -2.12. The summed E-state index contributed by atoms with van der Waals surface area (Å²) in [5.41, 5.74) is 3.84. The maximum Gasteiger partial charge on any atom is 0.515 e. The standard InChI is InChI=1S/C30H27ClN2O6S/c1-4-38-30(34)39-29-23(18-37-3)28-26(17-32-29)33(40(35,36)22-14-12-19(2)13-15-22)25-11-7-9-21(27(25)28)16-20-8-5-6-10-24(20)31/h5-15,17H,4,16,18H2,1-3H3. The van der Waals surface area contributed by atoms with Gasteiger partial charge in [0.05, 0.1) is 40.9 Å². The van der Waals surface area contributed by atoms with Crippen LogP contribution in [0.2, 0.25) is 5.02 Å². The zero-order valence-corrected chi connectivity index (χ0v) is 23.8. The lowest BCUT2D eigenvalue weighted by molar-refractivity contribution is 0.101. The molecule has 0 saturated carbocycles. The number of fused-ring (bicyclic) bond motifs is 3. The molecule has 8 nitrogen and oxygen atoms in total. The molecule has 40 heavy (non-hydrogen) atoms. The second-order valence-electron chi connectivity index (χ2n) is 9.18. The van der Waals surface area contributed by atoms with E-state index >= 15 is 0 Å². The summed E-state index contributed by atoms with van der Waals surface area (Å²) in [6, 6.07) is 19.7. The van der Waals surface area contributed by atoms with E-state index in [1.54, 1.807) is 37.3 Å². The Morgan fingerprint density at radius 1 is 0.950 bits per heavy atom. The molecule has 3 aromatic carbocycles. The molecule has 0 aliphatic carbocycles. The molecule has 0 saturated heterocycles. The molecule has 5 aromatic rings. The number of rotatable bonds is 8. The van der Waals surface area contributed by atoms with Gasteiger partial charge in [-0.3, -0.25) is 0 Å². The third-order valence-corrected chi connectivity index (χ3v) is 8.68. The fourth-order valence-corrected chi connectivity index (χ4v) is 6.49. The second kappa shape index (κ2) is 11.3. The van der Waals surface area contributed by atoms with E-state index in [1.165, 1.54) is 17.3 Å². The Bertz CT molecular complexity index is 1830. The summed E-state index contributed by atoms with van der Waals surface area (Å²) in [5.74, 6) is -0.0212. The van der Waals surface area contributed by atoms with E-state index in [9.17, 15) is 13.2 Å². The van der Waals surface area contributed by atoms with Crippen LogP contribution in [0.5, 0.6) is 5.88 Å². The number of nitrogens with zero attached hydrogens (tertiary/aromatic N) is 2. The molecule has 0 aliphatic rings. The zero-order valence-electron chi connectivity index (χ0n) is 22.2. The molecule has 0 fully saturated rings. The van der Waals surface area contributed by atoms with Gasteiger partial charge in [0.2, 0.25) is 5.88 Å². The highest BCUT2D eigenvalue weighted by atomic mass is 35.5. The number of carbonyl (C=O) groups is 1. The Labute approximate surface area is 237 Å². The Balaban J connectivity index is 1.87. The van der Waals surface area contributed by atoms with Gasteiger partial charge in [0.1, 0.15) is 0 Å². The van der Waals surface area contributed by atoms with Crippen molar-refractivity contribution < 1.29 is 27.4 Å². The summed E-state index contributed by atoms with van der Waals surface area (Å²) >= 11 is 6.50. The zero-order chi connectivity index (χ0) is 28.4. The Morgan fingerprint density at radius 2 is 1.68 bits per heavy atom. The van der Waals surface area contributed by atoms with Crippen LogP contribution in [0.1, 0.15) is 29.2 Å². The molecular formula is C30H27ClN2O6S. The van der Waals surface area contributed by atoms with Gasteiger partial charge < -0.3 is 14.2 Å². The maximum atomic E-state index is 14.2. The Morgan fingerprint density at radius 3 is 2.38 bits per heavy atom. The Kier molecular flexibility index (Phi) is 7.80. The minimum Gasteiger partial charge on any atom is -0.434 e. The van der Waals surface area contributed by atoms with Crippen molar-refractivity contribution in [2.75, 3.05) is 13.7 Å². The summed E-state index contributed by atoms with van der Waals surface area (Å²) in [6.07, 6.45) is 0.913. The topological polar surface area (TPSA) is 96.7 Å². The molecule has 0 spiro atoms. The fourth-order valence-electron chi connectivity index (χ4n) is 4.79. The first-order valence-corrected chi connectivity index (χ1v) is 14.4. The third kappa shape index (κ3) is 5.03. The molecule has 0 bridgehead atoms. The second-order valence-corrected chi connectivity index (χ2v) is 11.4. The van der Waals surface area contributed by atoms with Crippen LogP contribution in [0.15, 0.2) is 77.8 Å². The first-order chi connectivity index (χ1) is 19.3. The number of carbonyl (C=O) groups excluding carboxylic acids is 1. The first-order valence-electron chi connectivity index (χ1n) is 12.6. The average molecular weight is 579 g/mol. The number of aromatic nitrogens is 2. The van der Waals surface area contributed by atoms with Crippen LogP contribution in [0, 0.1) is 6.92 Å². The molecule has 2 heterocycles. The van der Waals surface area contributed by atoms with E-state index in [1.807, 2.05) is 43.3 Å². The summed E-state index contributed by atoms with van der Waals surface area (Å²) in [4.78, 5) is 16.7. The monoisotopic (exact) mass is 578 g/mol. The van der Waals surface area contributed by atoms with E-state index < -0.39 is 16.2 Å². The molecule has 0 amide bonds. The number of benzene rings is 3. The predicted octanol–water partition coefficient (Wildman–Crippen LogP) is 6.66. The lowest BCUT2D eigenvalue weighted by atomic mass is 9.98. The van der Waals surface area contributed by atoms with Gasteiger partial charge in [-0.25, -0.2) is 22.2 Å². The van der Waals surface area contributed by atoms with Gasteiger partial charge in [0.25, 0.3) is 10.0 Å². The van der Waals surface area contributed by atoms with Gasteiger partial charge in [-0.15, -0.1) is 0 Å². The first kappa shape index (κ1) is 27.6. The highest BCUT2D eigenvalue weighted by Crippen LogP contribution is 2.40. The molecule has 0 N–H and O–H groups in total. The predicted molar refractivity (Wildman–Crippen MR) is 154 cm³/mol. The summed E-state index contributed by atoms with van der Waals surface area (Å²) in [6.45, 7) is 3.68. The van der Waals surface area contributed by atoms with Crippen LogP contribution in [-0.4, -0.2) is 37.2 Å². The van der Waals surface area contributed by atoms with Crippen molar-refractivity contribution in [3.05, 3.63) is 100 Å². The Hall–Kier alpha value is -3.92. The maximum absolute atomic E-state index is 14.2. The highest BCUT2D eigenvalue weighted by molar-refractivity contribution is 7.90. The SMILES string of the molecule is CCOC(=O)Oc1ncc2c(c1COC)c1c(Cc3ccccc3Cl)cccc1n2S(=O)(=O)c1ccc(C)cc1. The molecule has 10 heteroatoms. The molecular weight excluding hydrogens is 552 g/mol. The van der Waals surface area contributed by atoms with Gasteiger partial charge >= 0.3 is 6.16 Å². The van der Waals surface area contributed by atoms with Gasteiger partial charge in [0.15, 0.2) is 0 Å². The fraction of sp³-hybridized carbons (Fsp3) is 0.200. The van der Waals surface area contributed by atoms with E-state index in [0.717, 1.165) is 16.7 Å². The third-order valence-electron chi connectivity index (χ3n) is 6.57. The molecule has 5 rings (SSSR count). The van der Waals surface area contributed by atoms with Crippen LogP contribution < -0.4 is 4.74 Å². The van der Waals surface area contributed by atoms with Crippen molar-refractivity contribution in [3.8, 4) is 5.88 Å². The molecule has 0 radical (unpaired) electrons. The van der Waals surface area contributed by atoms with E-state index in [2.05, 4.69) is 4.98 Å². The quantitative estimate of drug-likeness (QED) is 0.190. The average Bonchev–Trinajstić information content (AvgIpc) is 3.28. The van der Waals surface area contributed by atoms with Gasteiger partial charge in [-0.05, 0) is 55.7 Å². The van der Waals surface area contributed by atoms with Crippen molar-refractivity contribution in [1.82, 2.24) is 8.96 Å². The molecule has 2 aromatic heterocycles. The number of methoxy groups -OCH3 is 1. The summed E-state index contributed by atoms with van der Waals surface area (Å²) in [7, 11) is -2.56. The molecule has 206 valence electrons. The van der Waals surface area contributed by atoms with Crippen LogP contribution in [0.25, 0.3) is 21.8 Å². The number of hydrogen-bond acceptors (Lipinski definition) is 7. The van der Waals surface area contributed by atoms with Gasteiger partial charge in [-0.1, -0.05) is 59.6 Å². The minimum atomic E-state index is -4.06. The highest BCUT2D eigenvalue weighted by Gasteiger charge is 2.28. The smallest absolute Gasteiger partial charge is 0.434 e. The number of pyridine rings is 1. The lowest BCUT2D eigenvalue weighted by Crippen LogP contribution is -2.14. The van der Waals surface area contributed by atoms with Crippen LogP contribution in [-0.2, 0) is 32.5 Å². The summed E-state index contributed by atoms with van der Waals surface area (Å²) in [5, 5.41) is 1.81. The van der Waals surface area contributed by atoms with Crippen LogP contribution in [0.3, 0.4) is 0 Å². The van der Waals surface area contributed by atoms with E-state index in [-0.39, 0.29) is 24.0 Å². The van der Waals surface area contributed by atoms with Crippen LogP contribution >= 0.6 is 11.6 Å². The van der Waals surface area contributed by atoms with Crippen molar-refractivity contribution in [1.29, 1.82) is 0 Å². The van der Waals surface area contributed by atoms with E-state index in [4.69, 9.17) is 25.8 Å². The van der Waals surface area contributed by atoms with Crippen molar-refractivity contribution in [2.24, 2.45) is 0 Å². The normalized spacial score (nSPS) is 11.7. The molecule has 0 aliphatic heterocycles. The molecule has 0 atom stereocenters. The largest absolute Gasteiger partial charge is 0.515 e. The van der Waals surface area contributed by atoms with Gasteiger partial charge in [-0.2, -0.15) is 0 Å². The van der Waals surface area contributed by atoms with Crippen molar-refractivity contribution in [2.45, 2.75) is 31.8 Å². The number of halogens is 1. The number of aryl methyl sites for hydroxylation is 1. The minimum absolute atomic E-state index is 0.00317. The van der Waals surface area contributed by atoms with Crippen LogP contribution in [0.4, 0.5) is 4.79 Å². The van der Waals surface area contributed by atoms with E-state index in [0.29, 0.717) is 38.8 Å².